The average Bonchev–Trinajstić information content (AvgIpc) is 3.00. The Morgan fingerprint density at radius 1 is 0.905 bits per heavy atom. The van der Waals surface area contributed by atoms with Crippen molar-refractivity contribution in [3.63, 3.8) is 0 Å². The number of amides is 3. The molecule has 1 saturated heterocycles. The fraction of sp³-hybridized carbons (Fsp3) is 0.387. The molecule has 0 radical (unpaired) electrons. The minimum Gasteiger partial charge on any atom is -0.384 e. The topological polar surface area (TPSA) is 149 Å². The Morgan fingerprint density at radius 2 is 1.62 bits per heavy atom. The van der Waals surface area contributed by atoms with E-state index in [1.807, 2.05) is 24.3 Å². The number of unbranched alkanes of at least 4 members (excludes halogenated alkanes) is 3. The smallest absolute Gasteiger partial charge is 0.317 e. The molecule has 0 saturated carbocycles. The first-order chi connectivity index (χ1) is 20.2. The van der Waals surface area contributed by atoms with E-state index in [1.54, 1.807) is 46.2 Å². The fourth-order valence-electron chi connectivity index (χ4n) is 5.08. The summed E-state index contributed by atoms with van der Waals surface area (Å²) in [4.78, 5) is 29.8. The van der Waals surface area contributed by atoms with Crippen LogP contribution in [0.15, 0.2) is 71.6 Å². The van der Waals surface area contributed by atoms with Gasteiger partial charge in [-0.05, 0) is 47.4 Å². The Bertz CT molecular complexity index is 1520. The molecule has 1 atom stereocenters. The van der Waals surface area contributed by atoms with Crippen LogP contribution < -0.4 is 15.8 Å². The Labute approximate surface area is 247 Å². The van der Waals surface area contributed by atoms with Gasteiger partial charge >= 0.3 is 6.03 Å². The summed E-state index contributed by atoms with van der Waals surface area (Å²) in [5.74, 6) is -0.483. The Morgan fingerprint density at radius 3 is 2.33 bits per heavy atom. The molecule has 3 amide bonds. The maximum atomic E-state index is 13.8. The molecule has 1 fully saturated rings. The Hall–Kier alpha value is -3.96. The van der Waals surface area contributed by atoms with Gasteiger partial charge < -0.3 is 20.9 Å². The zero-order valence-corrected chi connectivity index (χ0v) is 24.8. The lowest BCUT2D eigenvalue weighted by molar-refractivity contribution is -0.134. The molecule has 3 aromatic carbocycles. The number of nitrogen functional groups attached to an aromatic ring is 1. The molecule has 0 bridgehead atoms. The van der Waals surface area contributed by atoms with Gasteiger partial charge in [0.2, 0.25) is 15.9 Å². The summed E-state index contributed by atoms with van der Waals surface area (Å²) in [5, 5.41) is 12.4. The number of nitrogens with two attached hydrogens (primary N) is 1. The normalized spacial score (nSPS) is 14.5. The first kappa shape index (κ1) is 31.0. The SMILES string of the molecule is CCCCCCNC(=O)N1CCN(C(=O)C(Cc2cccc(C(=N)N)c2)NS(=O)(=O)c2ccc3ccccc3c2)CC1. The highest BCUT2D eigenvalue weighted by Crippen LogP contribution is 2.20. The molecule has 0 aromatic heterocycles. The van der Waals surface area contributed by atoms with Crippen LogP contribution in [-0.2, 0) is 21.2 Å². The number of hydrogen-bond acceptors (Lipinski definition) is 5. The van der Waals surface area contributed by atoms with Gasteiger partial charge in [-0.15, -0.1) is 0 Å². The highest BCUT2D eigenvalue weighted by Gasteiger charge is 2.32. The minimum absolute atomic E-state index is 0.0666. The molecule has 5 N–H and O–H groups in total. The number of benzene rings is 3. The van der Waals surface area contributed by atoms with Crippen LogP contribution in [0.3, 0.4) is 0 Å². The van der Waals surface area contributed by atoms with E-state index in [2.05, 4.69) is 17.0 Å². The van der Waals surface area contributed by atoms with Crippen LogP contribution in [0.2, 0.25) is 0 Å². The molecule has 1 aliphatic heterocycles. The molecule has 3 aromatic rings. The summed E-state index contributed by atoms with van der Waals surface area (Å²) < 4.78 is 29.7. The van der Waals surface area contributed by atoms with Gasteiger partial charge in [0.1, 0.15) is 11.9 Å². The van der Waals surface area contributed by atoms with Gasteiger partial charge in [-0.1, -0.05) is 74.7 Å². The molecule has 4 rings (SSSR count). The highest BCUT2D eigenvalue weighted by molar-refractivity contribution is 7.89. The van der Waals surface area contributed by atoms with Crippen LogP contribution >= 0.6 is 0 Å². The minimum atomic E-state index is -4.06. The third kappa shape index (κ3) is 8.07. The van der Waals surface area contributed by atoms with Crippen molar-refractivity contribution in [2.75, 3.05) is 32.7 Å². The number of carbonyl (C=O) groups excluding carboxylic acids is 2. The molecule has 42 heavy (non-hydrogen) atoms. The number of fused-ring (bicyclic) bond motifs is 1. The van der Waals surface area contributed by atoms with Crippen LogP contribution in [0.25, 0.3) is 10.8 Å². The first-order valence-electron chi connectivity index (χ1n) is 14.4. The summed E-state index contributed by atoms with van der Waals surface area (Å²) in [7, 11) is -4.06. The lowest BCUT2D eigenvalue weighted by atomic mass is 10.0. The summed E-state index contributed by atoms with van der Waals surface area (Å²) in [6.45, 7) is 4.07. The number of piperazine rings is 1. The standard InChI is InChI=1S/C31H40N6O4S/c1-2-3-4-7-15-34-31(39)37-18-16-36(17-19-37)30(38)28(21-23-9-8-12-26(20-23)29(32)33)35-42(40,41)27-14-13-24-10-5-6-11-25(24)22-27/h5-6,8-14,20,22,28,35H,2-4,7,15-19,21H2,1H3,(H3,32,33)(H,34,39). The van der Waals surface area contributed by atoms with Gasteiger partial charge in [0.05, 0.1) is 4.90 Å². The Balaban J connectivity index is 1.48. The van der Waals surface area contributed by atoms with E-state index in [0.717, 1.165) is 36.5 Å². The van der Waals surface area contributed by atoms with E-state index in [4.69, 9.17) is 11.1 Å². The molecule has 0 spiro atoms. The largest absolute Gasteiger partial charge is 0.384 e. The third-order valence-corrected chi connectivity index (χ3v) is 8.96. The molecule has 1 unspecified atom stereocenters. The molecule has 1 heterocycles. The van der Waals surface area contributed by atoms with Gasteiger partial charge in [0.25, 0.3) is 0 Å². The molecule has 11 heteroatoms. The zero-order valence-electron chi connectivity index (χ0n) is 24.0. The first-order valence-corrected chi connectivity index (χ1v) is 15.9. The number of hydrogen-bond donors (Lipinski definition) is 4. The number of sulfonamides is 1. The Kier molecular flexibility index (Phi) is 10.5. The molecule has 10 nitrogen and oxygen atoms in total. The van der Waals surface area contributed by atoms with Gasteiger partial charge in [0.15, 0.2) is 0 Å². The number of urea groups is 1. The average molecular weight is 593 g/mol. The number of amidine groups is 1. The van der Waals surface area contributed by atoms with E-state index in [1.165, 1.54) is 6.07 Å². The van der Waals surface area contributed by atoms with E-state index >= 15 is 0 Å². The van der Waals surface area contributed by atoms with Crippen molar-refractivity contribution in [2.24, 2.45) is 5.73 Å². The van der Waals surface area contributed by atoms with Crippen LogP contribution in [-0.4, -0.2) is 74.8 Å². The summed E-state index contributed by atoms with van der Waals surface area (Å²) in [6.07, 6.45) is 4.35. The van der Waals surface area contributed by atoms with Crippen LogP contribution in [0.4, 0.5) is 4.79 Å². The van der Waals surface area contributed by atoms with Crippen molar-refractivity contribution in [1.82, 2.24) is 19.8 Å². The second kappa shape index (κ2) is 14.3. The fourth-order valence-corrected chi connectivity index (χ4v) is 6.30. The number of rotatable bonds is 12. The summed E-state index contributed by atoms with van der Waals surface area (Å²) in [5.41, 5.74) is 6.82. The third-order valence-electron chi connectivity index (χ3n) is 7.49. The van der Waals surface area contributed by atoms with Crippen LogP contribution in [0.5, 0.6) is 0 Å². The molecule has 1 aliphatic rings. The van der Waals surface area contributed by atoms with E-state index in [-0.39, 0.29) is 29.1 Å². The molecular formula is C31H40N6O4S. The summed E-state index contributed by atoms with van der Waals surface area (Å²) >= 11 is 0. The van der Waals surface area contributed by atoms with Crippen LogP contribution in [0.1, 0.15) is 43.7 Å². The second-order valence-electron chi connectivity index (χ2n) is 10.6. The van der Waals surface area contributed by atoms with E-state index < -0.39 is 16.1 Å². The number of nitrogens with zero attached hydrogens (tertiary/aromatic N) is 2. The van der Waals surface area contributed by atoms with E-state index in [0.29, 0.717) is 43.9 Å². The van der Waals surface area contributed by atoms with Gasteiger partial charge in [-0.3, -0.25) is 10.2 Å². The predicted molar refractivity (Wildman–Crippen MR) is 165 cm³/mol. The van der Waals surface area contributed by atoms with Crippen molar-refractivity contribution < 1.29 is 18.0 Å². The lowest BCUT2D eigenvalue weighted by Gasteiger charge is -2.36. The van der Waals surface area contributed by atoms with E-state index in [9.17, 15) is 18.0 Å². The van der Waals surface area contributed by atoms with Crippen molar-refractivity contribution >= 4 is 38.6 Å². The van der Waals surface area contributed by atoms with Gasteiger partial charge in [-0.25, -0.2) is 13.2 Å². The molecule has 224 valence electrons. The number of nitrogens with one attached hydrogen (secondary N) is 3. The van der Waals surface area contributed by atoms with Crippen molar-refractivity contribution in [3.05, 3.63) is 77.9 Å². The van der Waals surface area contributed by atoms with Crippen molar-refractivity contribution in [1.29, 1.82) is 5.41 Å². The second-order valence-corrected chi connectivity index (χ2v) is 12.3. The quantitative estimate of drug-likeness (QED) is 0.144. The molecule has 0 aliphatic carbocycles. The highest BCUT2D eigenvalue weighted by atomic mass is 32.2. The molecular weight excluding hydrogens is 552 g/mol. The monoisotopic (exact) mass is 592 g/mol. The maximum absolute atomic E-state index is 13.8. The van der Waals surface area contributed by atoms with Crippen LogP contribution in [0, 0.1) is 5.41 Å². The van der Waals surface area contributed by atoms with Gasteiger partial charge in [-0.2, -0.15) is 4.72 Å². The summed E-state index contributed by atoms with van der Waals surface area (Å²) in [6, 6.07) is 18.0. The van der Waals surface area contributed by atoms with Crippen molar-refractivity contribution in [3.8, 4) is 0 Å². The zero-order chi connectivity index (χ0) is 30.1. The lowest BCUT2D eigenvalue weighted by Crippen LogP contribution is -2.57. The maximum Gasteiger partial charge on any atom is 0.317 e. The van der Waals surface area contributed by atoms with Crippen molar-refractivity contribution in [2.45, 2.75) is 50.0 Å². The number of carbonyl (C=O) groups is 2. The predicted octanol–water partition coefficient (Wildman–Crippen LogP) is 3.45. The van der Waals surface area contributed by atoms with Gasteiger partial charge in [0, 0.05) is 38.3 Å².